The number of methoxy groups -OCH3 is 1. The van der Waals surface area contributed by atoms with Gasteiger partial charge in [0.1, 0.15) is 5.75 Å². The standard InChI is InChI=1S/C12H14N2O/c1-8(13)9-4-3-5-10-12(9)11(15-2)6-7-14-10/h3-8H,13H2,1-2H3. The number of fused-ring (bicyclic) bond motifs is 1. The van der Waals surface area contributed by atoms with Crippen LogP contribution in [0.25, 0.3) is 10.9 Å². The van der Waals surface area contributed by atoms with Gasteiger partial charge in [-0.05, 0) is 24.6 Å². The minimum atomic E-state index is -0.0215. The van der Waals surface area contributed by atoms with Crippen LogP contribution in [0.5, 0.6) is 5.75 Å². The molecule has 3 heteroatoms. The van der Waals surface area contributed by atoms with Crippen LogP contribution in [0, 0.1) is 0 Å². The van der Waals surface area contributed by atoms with Gasteiger partial charge in [0.05, 0.1) is 12.6 Å². The summed E-state index contributed by atoms with van der Waals surface area (Å²) in [6.07, 6.45) is 1.74. The van der Waals surface area contributed by atoms with Crippen molar-refractivity contribution in [3.63, 3.8) is 0 Å². The molecule has 2 N–H and O–H groups in total. The van der Waals surface area contributed by atoms with Gasteiger partial charge in [0.2, 0.25) is 0 Å². The van der Waals surface area contributed by atoms with E-state index in [1.165, 1.54) is 0 Å². The van der Waals surface area contributed by atoms with E-state index in [4.69, 9.17) is 10.5 Å². The SMILES string of the molecule is COc1ccnc2cccc(C(C)N)c12. The van der Waals surface area contributed by atoms with Crippen molar-refractivity contribution >= 4 is 10.9 Å². The van der Waals surface area contributed by atoms with E-state index >= 15 is 0 Å². The van der Waals surface area contributed by atoms with Crippen molar-refractivity contribution in [3.8, 4) is 5.75 Å². The summed E-state index contributed by atoms with van der Waals surface area (Å²) < 4.78 is 5.32. The molecule has 0 bridgehead atoms. The number of hydrogen-bond acceptors (Lipinski definition) is 3. The lowest BCUT2D eigenvalue weighted by Gasteiger charge is -2.12. The van der Waals surface area contributed by atoms with Crippen molar-refractivity contribution in [2.24, 2.45) is 5.73 Å². The second-order valence-corrected chi connectivity index (χ2v) is 3.54. The van der Waals surface area contributed by atoms with Crippen LogP contribution >= 0.6 is 0 Å². The average Bonchev–Trinajstić information content (AvgIpc) is 2.27. The van der Waals surface area contributed by atoms with Crippen LogP contribution in [-0.2, 0) is 0 Å². The van der Waals surface area contributed by atoms with Crippen molar-refractivity contribution in [2.75, 3.05) is 7.11 Å². The first kappa shape index (κ1) is 9.93. The Kier molecular flexibility index (Phi) is 2.56. The highest BCUT2D eigenvalue weighted by molar-refractivity contribution is 5.88. The topological polar surface area (TPSA) is 48.1 Å². The highest BCUT2D eigenvalue weighted by Gasteiger charge is 2.09. The first-order valence-corrected chi connectivity index (χ1v) is 4.91. The fourth-order valence-corrected chi connectivity index (χ4v) is 1.75. The van der Waals surface area contributed by atoms with E-state index in [1.54, 1.807) is 13.3 Å². The fraction of sp³-hybridized carbons (Fsp3) is 0.250. The van der Waals surface area contributed by atoms with Crippen LogP contribution < -0.4 is 10.5 Å². The zero-order valence-corrected chi connectivity index (χ0v) is 8.90. The lowest BCUT2D eigenvalue weighted by atomic mass is 10.0. The van der Waals surface area contributed by atoms with E-state index in [9.17, 15) is 0 Å². The molecule has 3 nitrogen and oxygen atoms in total. The van der Waals surface area contributed by atoms with Crippen molar-refractivity contribution in [1.82, 2.24) is 4.98 Å². The summed E-state index contributed by atoms with van der Waals surface area (Å²) in [6.45, 7) is 1.96. The Hall–Kier alpha value is -1.61. The van der Waals surface area contributed by atoms with Gasteiger partial charge in [-0.25, -0.2) is 0 Å². The van der Waals surface area contributed by atoms with E-state index in [2.05, 4.69) is 4.98 Å². The van der Waals surface area contributed by atoms with E-state index < -0.39 is 0 Å². The highest BCUT2D eigenvalue weighted by Crippen LogP contribution is 2.29. The molecule has 0 aliphatic rings. The normalized spacial score (nSPS) is 12.7. The summed E-state index contributed by atoms with van der Waals surface area (Å²) in [5.74, 6) is 0.827. The minimum Gasteiger partial charge on any atom is -0.496 e. The maximum absolute atomic E-state index is 5.92. The Bertz CT molecular complexity index is 475. The first-order chi connectivity index (χ1) is 7.24. The van der Waals surface area contributed by atoms with Gasteiger partial charge in [-0.3, -0.25) is 4.98 Å². The second kappa shape index (κ2) is 3.87. The van der Waals surface area contributed by atoms with E-state index in [-0.39, 0.29) is 6.04 Å². The van der Waals surface area contributed by atoms with Gasteiger partial charge in [0.25, 0.3) is 0 Å². The molecular weight excluding hydrogens is 188 g/mol. The number of ether oxygens (including phenoxy) is 1. The Morgan fingerprint density at radius 1 is 1.33 bits per heavy atom. The summed E-state index contributed by atoms with van der Waals surface area (Å²) in [7, 11) is 1.66. The maximum atomic E-state index is 5.92. The van der Waals surface area contributed by atoms with Crippen LogP contribution in [0.3, 0.4) is 0 Å². The van der Waals surface area contributed by atoms with Crippen molar-refractivity contribution in [2.45, 2.75) is 13.0 Å². The molecule has 0 amide bonds. The Morgan fingerprint density at radius 2 is 2.13 bits per heavy atom. The largest absolute Gasteiger partial charge is 0.496 e. The Labute approximate surface area is 88.9 Å². The molecule has 2 rings (SSSR count). The van der Waals surface area contributed by atoms with Crippen molar-refractivity contribution in [3.05, 3.63) is 36.0 Å². The number of pyridine rings is 1. The van der Waals surface area contributed by atoms with Crippen LogP contribution in [0.15, 0.2) is 30.5 Å². The molecule has 0 aliphatic heterocycles. The number of nitrogens with two attached hydrogens (primary N) is 1. The quantitative estimate of drug-likeness (QED) is 0.812. The molecular formula is C12H14N2O. The second-order valence-electron chi connectivity index (χ2n) is 3.54. The van der Waals surface area contributed by atoms with E-state index in [1.807, 2.05) is 31.2 Å². The molecule has 0 spiro atoms. The van der Waals surface area contributed by atoms with Gasteiger partial charge in [-0.1, -0.05) is 12.1 Å². The first-order valence-electron chi connectivity index (χ1n) is 4.91. The fourth-order valence-electron chi connectivity index (χ4n) is 1.75. The van der Waals surface area contributed by atoms with Crippen molar-refractivity contribution < 1.29 is 4.74 Å². The van der Waals surface area contributed by atoms with E-state index in [0.717, 1.165) is 22.2 Å². The van der Waals surface area contributed by atoms with Crippen LogP contribution in [-0.4, -0.2) is 12.1 Å². The summed E-state index contributed by atoms with van der Waals surface area (Å²) in [5, 5.41) is 1.01. The predicted octanol–water partition coefficient (Wildman–Crippen LogP) is 2.26. The van der Waals surface area contributed by atoms with Crippen molar-refractivity contribution in [1.29, 1.82) is 0 Å². The molecule has 78 valence electrons. The number of nitrogens with zero attached hydrogens (tertiary/aromatic N) is 1. The Balaban J connectivity index is 2.81. The van der Waals surface area contributed by atoms with Gasteiger partial charge in [0.15, 0.2) is 0 Å². The summed E-state index contributed by atoms with van der Waals surface area (Å²) >= 11 is 0. The lowest BCUT2D eigenvalue weighted by Crippen LogP contribution is -2.06. The predicted molar refractivity (Wildman–Crippen MR) is 60.9 cm³/mol. The third-order valence-corrected chi connectivity index (χ3v) is 2.47. The van der Waals surface area contributed by atoms with Gasteiger partial charge in [0, 0.05) is 17.6 Å². The zero-order valence-electron chi connectivity index (χ0n) is 8.90. The molecule has 0 fully saturated rings. The van der Waals surface area contributed by atoms with Gasteiger partial charge >= 0.3 is 0 Å². The molecule has 1 aromatic heterocycles. The monoisotopic (exact) mass is 202 g/mol. The van der Waals surface area contributed by atoms with E-state index in [0.29, 0.717) is 0 Å². The van der Waals surface area contributed by atoms with Crippen LogP contribution in [0.2, 0.25) is 0 Å². The average molecular weight is 202 g/mol. The van der Waals surface area contributed by atoms with Gasteiger partial charge in [-0.2, -0.15) is 0 Å². The van der Waals surface area contributed by atoms with Gasteiger partial charge in [-0.15, -0.1) is 0 Å². The molecule has 1 heterocycles. The Morgan fingerprint density at radius 3 is 2.80 bits per heavy atom. The molecule has 0 saturated heterocycles. The third kappa shape index (κ3) is 1.66. The number of aromatic nitrogens is 1. The molecule has 0 aliphatic carbocycles. The number of benzene rings is 1. The molecule has 1 unspecified atom stereocenters. The smallest absolute Gasteiger partial charge is 0.130 e. The minimum absolute atomic E-state index is 0.0215. The zero-order chi connectivity index (χ0) is 10.8. The number of hydrogen-bond donors (Lipinski definition) is 1. The maximum Gasteiger partial charge on any atom is 0.130 e. The lowest BCUT2D eigenvalue weighted by molar-refractivity contribution is 0.419. The number of rotatable bonds is 2. The third-order valence-electron chi connectivity index (χ3n) is 2.47. The molecule has 15 heavy (non-hydrogen) atoms. The molecule has 0 saturated carbocycles. The van der Waals surface area contributed by atoms with Crippen LogP contribution in [0.1, 0.15) is 18.5 Å². The molecule has 1 atom stereocenters. The van der Waals surface area contributed by atoms with Crippen LogP contribution in [0.4, 0.5) is 0 Å². The van der Waals surface area contributed by atoms with Gasteiger partial charge < -0.3 is 10.5 Å². The summed E-state index contributed by atoms with van der Waals surface area (Å²) in [4.78, 5) is 4.30. The molecule has 1 aromatic carbocycles. The molecule has 0 radical (unpaired) electrons. The summed E-state index contributed by atoms with van der Waals surface area (Å²) in [6, 6.07) is 7.77. The highest BCUT2D eigenvalue weighted by atomic mass is 16.5. The molecule has 2 aromatic rings. The summed E-state index contributed by atoms with van der Waals surface area (Å²) in [5.41, 5.74) is 7.91.